The molecule has 66 valence electrons. The molecule has 0 radical (unpaired) electrons. The number of piperidine rings is 1. The molecule has 1 saturated heterocycles. The molecule has 1 N–H and O–H groups in total. The molecule has 1 atom stereocenters. The van der Waals surface area contributed by atoms with Gasteiger partial charge in [-0.1, -0.05) is 6.42 Å². The van der Waals surface area contributed by atoms with Gasteiger partial charge in [0.2, 0.25) is 0 Å². The quantitative estimate of drug-likeness (QED) is 0.678. The fourth-order valence-corrected chi connectivity index (χ4v) is 1.76. The van der Waals surface area contributed by atoms with E-state index in [0.717, 1.165) is 6.54 Å². The van der Waals surface area contributed by atoms with Crippen LogP contribution in [0.2, 0.25) is 0 Å². The SMILES string of the molecule is Cn1cc([C@H]2CCCCN2)cn1. The predicted molar refractivity (Wildman–Crippen MR) is 47.8 cm³/mol. The predicted octanol–water partition coefficient (Wildman–Crippen LogP) is 1.23. The first-order chi connectivity index (χ1) is 5.86. The smallest absolute Gasteiger partial charge is 0.0537 e. The molecule has 3 heteroatoms. The molecule has 0 bridgehead atoms. The number of aryl methyl sites for hydroxylation is 1. The summed E-state index contributed by atoms with van der Waals surface area (Å²) in [6.45, 7) is 1.15. The van der Waals surface area contributed by atoms with Crippen molar-refractivity contribution >= 4 is 0 Å². The summed E-state index contributed by atoms with van der Waals surface area (Å²) < 4.78 is 1.87. The fraction of sp³-hybridized carbons (Fsp3) is 0.667. The Morgan fingerprint density at radius 1 is 1.58 bits per heavy atom. The van der Waals surface area contributed by atoms with Crippen LogP contribution in [0.15, 0.2) is 12.4 Å². The average molecular weight is 165 g/mol. The minimum absolute atomic E-state index is 0.549. The summed E-state index contributed by atoms with van der Waals surface area (Å²) in [7, 11) is 1.96. The van der Waals surface area contributed by atoms with E-state index in [1.165, 1.54) is 24.8 Å². The van der Waals surface area contributed by atoms with Crippen LogP contribution < -0.4 is 5.32 Å². The first-order valence-electron chi connectivity index (χ1n) is 4.58. The van der Waals surface area contributed by atoms with Crippen molar-refractivity contribution in [1.82, 2.24) is 15.1 Å². The molecule has 0 unspecified atom stereocenters. The normalized spacial score (nSPS) is 24.2. The van der Waals surface area contributed by atoms with Crippen LogP contribution in [0.3, 0.4) is 0 Å². The highest BCUT2D eigenvalue weighted by Crippen LogP contribution is 2.21. The Labute approximate surface area is 72.8 Å². The lowest BCUT2D eigenvalue weighted by atomic mass is 10.0. The highest BCUT2D eigenvalue weighted by atomic mass is 15.2. The molecule has 1 aliphatic rings. The van der Waals surface area contributed by atoms with Crippen molar-refractivity contribution in [2.75, 3.05) is 6.54 Å². The second-order valence-electron chi connectivity index (χ2n) is 3.45. The van der Waals surface area contributed by atoms with Crippen molar-refractivity contribution in [3.8, 4) is 0 Å². The Kier molecular flexibility index (Phi) is 2.13. The summed E-state index contributed by atoms with van der Waals surface area (Å²) in [6, 6.07) is 0.549. The van der Waals surface area contributed by atoms with Gasteiger partial charge in [-0.15, -0.1) is 0 Å². The molecule has 1 aromatic heterocycles. The Morgan fingerprint density at radius 2 is 2.50 bits per heavy atom. The van der Waals surface area contributed by atoms with E-state index in [0.29, 0.717) is 6.04 Å². The zero-order valence-corrected chi connectivity index (χ0v) is 7.45. The molecule has 1 fully saturated rings. The highest BCUT2D eigenvalue weighted by Gasteiger charge is 2.15. The van der Waals surface area contributed by atoms with Gasteiger partial charge in [-0.2, -0.15) is 5.10 Å². The maximum absolute atomic E-state index is 4.17. The molecule has 0 amide bonds. The van der Waals surface area contributed by atoms with Gasteiger partial charge in [0, 0.05) is 24.8 Å². The van der Waals surface area contributed by atoms with Crippen LogP contribution in [0, 0.1) is 0 Å². The van der Waals surface area contributed by atoms with Gasteiger partial charge in [-0.3, -0.25) is 4.68 Å². The van der Waals surface area contributed by atoms with Gasteiger partial charge >= 0.3 is 0 Å². The lowest BCUT2D eigenvalue weighted by Crippen LogP contribution is -2.26. The Morgan fingerprint density at radius 3 is 3.08 bits per heavy atom. The zero-order chi connectivity index (χ0) is 8.39. The van der Waals surface area contributed by atoms with E-state index in [4.69, 9.17) is 0 Å². The van der Waals surface area contributed by atoms with Gasteiger partial charge in [-0.25, -0.2) is 0 Å². The topological polar surface area (TPSA) is 29.9 Å². The number of hydrogen-bond acceptors (Lipinski definition) is 2. The second-order valence-corrected chi connectivity index (χ2v) is 3.45. The number of hydrogen-bond donors (Lipinski definition) is 1. The van der Waals surface area contributed by atoms with E-state index >= 15 is 0 Å². The molecule has 0 spiro atoms. The molecule has 0 aromatic carbocycles. The number of aromatic nitrogens is 2. The van der Waals surface area contributed by atoms with Crippen molar-refractivity contribution < 1.29 is 0 Å². The van der Waals surface area contributed by atoms with Crippen molar-refractivity contribution in [3.05, 3.63) is 18.0 Å². The summed E-state index contributed by atoms with van der Waals surface area (Å²) in [6.07, 6.45) is 7.97. The molecule has 2 rings (SSSR count). The van der Waals surface area contributed by atoms with E-state index in [1.54, 1.807) is 0 Å². The van der Waals surface area contributed by atoms with Crippen LogP contribution >= 0.6 is 0 Å². The second kappa shape index (κ2) is 3.27. The van der Waals surface area contributed by atoms with Gasteiger partial charge in [-0.05, 0) is 19.4 Å². The third-order valence-electron chi connectivity index (χ3n) is 2.44. The summed E-state index contributed by atoms with van der Waals surface area (Å²) >= 11 is 0. The number of nitrogens with zero attached hydrogens (tertiary/aromatic N) is 2. The van der Waals surface area contributed by atoms with E-state index < -0.39 is 0 Å². The summed E-state index contributed by atoms with van der Waals surface area (Å²) in [5, 5.41) is 7.66. The van der Waals surface area contributed by atoms with Crippen LogP contribution in [0.1, 0.15) is 30.9 Å². The molecular formula is C9H15N3. The Balaban J connectivity index is 2.08. The molecule has 12 heavy (non-hydrogen) atoms. The first kappa shape index (κ1) is 7.80. The molecule has 1 aromatic rings. The van der Waals surface area contributed by atoms with Gasteiger partial charge in [0.25, 0.3) is 0 Å². The molecule has 2 heterocycles. The van der Waals surface area contributed by atoms with Crippen LogP contribution in [0.5, 0.6) is 0 Å². The summed E-state index contributed by atoms with van der Waals surface area (Å²) in [5.74, 6) is 0. The zero-order valence-electron chi connectivity index (χ0n) is 7.45. The van der Waals surface area contributed by atoms with Gasteiger partial charge < -0.3 is 5.32 Å². The highest BCUT2D eigenvalue weighted by molar-refractivity contribution is 5.10. The van der Waals surface area contributed by atoms with Crippen LogP contribution in [0.4, 0.5) is 0 Å². The molecule has 0 saturated carbocycles. The van der Waals surface area contributed by atoms with E-state index in [2.05, 4.69) is 16.6 Å². The average Bonchev–Trinajstić information content (AvgIpc) is 2.54. The fourth-order valence-electron chi connectivity index (χ4n) is 1.76. The molecule has 1 aliphatic heterocycles. The van der Waals surface area contributed by atoms with Crippen molar-refractivity contribution in [2.45, 2.75) is 25.3 Å². The maximum Gasteiger partial charge on any atom is 0.0537 e. The van der Waals surface area contributed by atoms with E-state index in [1.807, 2.05) is 17.9 Å². The van der Waals surface area contributed by atoms with Crippen molar-refractivity contribution in [2.24, 2.45) is 7.05 Å². The maximum atomic E-state index is 4.17. The van der Waals surface area contributed by atoms with Crippen LogP contribution in [0.25, 0.3) is 0 Å². The Bertz CT molecular complexity index is 248. The van der Waals surface area contributed by atoms with Gasteiger partial charge in [0.15, 0.2) is 0 Å². The van der Waals surface area contributed by atoms with E-state index in [9.17, 15) is 0 Å². The molecule has 3 nitrogen and oxygen atoms in total. The summed E-state index contributed by atoms with van der Waals surface area (Å²) in [4.78, 5) is 0. The first-order valence-corrected chi connectivity index (χ1v) is 4.58. The van der Waals surface area contributed by atoms with Crippen molar-refractivity contribution in [3.63, 3.8) is 0 Å². The Hall–Kier alpha value is -0.830. The standard InChI is InChI=1S/C9H15N3/c1-12-7-8(6-11-12)9-4-2-3-5-10-9/h6-7,9-10H,2-5H2,1H3/t9-/m1/s1. The van der Waals surface area contributed by atoms with Crippen LogP contribution in [-0.2, 0) is 7.05 Å². The number of nitrogens with one attached hydrogen (secondary N) is 1. The minimum atomic E-state index is 0.549. The van der Waals surface area contributed by atoms with Crippen LogP contribution in [-0.4, -0.2) is 16.3 Å². The minimum Gasteiger partial charge on any atom is -0.310 e. The monoisotopic (exact) mass is 165 g/mol. The van der Waals surface area contributed by atoms with E-state index in [-0.39, 0.29) is 0 Å². The third-order valence-corrected chi connectivity index (χ3v) is 2.44. The van der Waals surface area contributed by atoms with Gasteiger partial charge in [0.1, 0.15) is 0 Å². The van der Waals surface area contributed by atoms with Crippen molar-refractivity contribution in [1.29, 1.82) is 0 Å². The molecule has 0 aliphatic carbocycles. The third kappa shape index (κ3) is 1.50. The lowest BCUT2D eigenvalue weighted by Gasteiger charge is -2.21. The summed E-state index contributed by atoms with van der Waals surface area (Å²) in [5.41, 5.74) is 1.33. The van der Waals surface area contributed by atoms with Gasteiger partial charge in [0.05, 0.1) is 6.20 Å². The largest absolute Gasteiger partial charge is 0.310 e. The molecular weight excluding hydrogens is 150 g/mol. The lowest BCUT2D eigenvalue weighted by molar-refractivity contribution is 0.412. The number of rotatable bonds is 1.